The number of fused-ring (bicyclic) bond motifs is 1. The maximum absolute atomic E-state index is 5.97. The molecule has 2 rings (SSSR count). The Balaban J connectivity index is 2.59. The van der Waals surface area contributed by atoms with E-state index in [9.17, 15) is 0 Å². The topological polar surface area (TPSA) is 27.1 Å². The van der Waals surface area contributed by atoms with Crippen LogP contribution >= 0.6 is 23.4 Å². The first-order valence-corrected chi connectivity index (χ1v) is 9.37. The van der Waals surface area contributed by atoms with Crippen molar-refractivity contribution in [2.24, 2.45) is 0 Å². The third-order valence-corrected chi connectivity index (χ3v) is 4.48. The minimum atomic E-state index is 0.445. The molecule has 0 aliphatic heterocycles. The van der Waals surface area contributed by atoms with E-state index in [1.807, 2.05) is 30.8 Å². The summed E-state index contributed by atoms with van der Waals surface area (Å²) in [6.45, 7) is 4.88. The molecule has 0 radical (unpaired) electrons. The van der Waals surface area contributed by atoms with Crippen LogP contribution in [0.15, 0.2) is 18.2 Å². The fraction of sp³-hybridized carbons (Fsp3) is 0.562. The van der Waals surface area contributed by atoms with E-state index < -0.39 is 0 Å². The molecule has 2 aromatic rings. The van der Waals surface area contributed by atoms with Gasteiger partial charge in [0.1, 0.15) is 17.1 Å². The lowest BCUT2D eigenvalue weighted by atomic mass is 10.2. The Bertz CT molecular complexity index is 585. The van der Waals surface area contributed by atoms with Crippen LogP contribution in [0.5, 0.6) is 5.75 Å². The van der Waals surface area contributed by atoms with Crippen molar-refractivity contribution in [1.29, 1.82) is 0 Å². The van der Waals surface area contributed by atoms with E-state index in [0.717, 1.165) is 41.2 Å². The number of hydrogen-bond donors (Lipinski definition) is 0. The molecule has 1 aromatic carbocycles. The van der Waals surface area contributed by atoms with Crippen molar-refractivity contribution in [2.75, 3.05) is 24.5 Å². The van der Waals surface area contributed by atoms with Crippen LogP contribution in [0.25, 0.3) is 11.0 Å². The van der Waals surface area contributed by atoms with Gasteiger partial charge in [-0.3, -0.25) is 0 Å². The summed E-state index contributed by atoms with van der Waals surface area (Å²) < 4.78 is 8.08. The van der Waals surface area contributed by atoms with Crippen molar-refractivity contribution in [3.63, 3.8) is 0 Å². The zero-order chi connectivity index (χ0) is 15.2. The van der Waals surface area contributed by atoms with Gasteiger partial charge >= 0.3 is 0 Å². The highest BCUT2D eigenvalue weighted by atomic mass is 35.5. The third kappa shape index (κ3) is 3.49. The van der Waals surface area contributed by atoms with E-state index >= 15 is 0 Å². The molecule has 1 heterocycles. The van der Waals surface area contributed by atoms with E-state index in [1.165, 1.54) is 0 Å². The highest BCUT2D eigenvalue weighted by Crippen LogP contribution is 2.31. The second-order valence-electron chi connectivity index (χ2n) is 4.91. The number of rotatable bonds is 8. The van der Waals surface area contributed by atoms with Gasteiger partial charge in [0.25, 0.3) is 0 Å². The van der Waals surface area contributed by atoms with E-state index in [-0.39, 0.29) is 0 Å². The summed E-state index contributed by atoms with van der Waals surface area (Å²) in [5, 5.41) is 0. The molecule has 0 saturated heterocycles. The van der Waals surface area contributed by atoms with Gasteiger partial charge in [-0.25, -0.2) is 4.98 Å². The maximum Gasteiger partial charge on any atom is 0.147 e. The Hall–Kier alpha value is -0.870. The summed E-state index contributed by atoms with van der Waals surface area (Å²) in [6.07, 6.45) is 4.02. The maximum atomic E-state index is 5.97. The van der Waals surface area contributed by atoms with Gasteiger partial charge in [-0.1, -0.05) is 13.0 Å². The van der Waals surface area contributed by atoms with Crippen molar-refractivity contribution >= 4 is 34.4 Å². The van der Waals surface area contributed by atoms with Gasteiger partial charge in [-0.05, 0) is 31.7 Å². The molecule has 0 N–H and O–H groups in total. The van der Waals surface area contributed by atoms with E-state index in [0.29, 0.717) is 18.5 Å². The van der Waals surface area contributed by atoms with Gasteiger partial charge < -0.3 is 9.30 Å². The molecule has 1 atom stereocenters. The first kappa shape index (κ1) is 16.5. The molecule has 0 aliphatic rings. The smallest absolute Gasteiger partial charge is 0.147 e. The Morgan fingerprint density at radius 3 is 2.81 bits per heavy atom. The third-order valence-electron chi connectivity index (χ3n) is 3.57. The zero-order valence-electron chi connectivity index (χ0n) is 12.9. The van der Waals surface area contributed by atoms with Crippen LogP contribution in [-0.4, -0.2) is 34.0 Å². The fourth-order valence-corrected chi connectivity index (χ4v) is 3.59. The van der Waals surface area contributed by atoms with Crippen LogP contribution in [0.3, 0.4) is 0 Å². The Kier molecular flexibility index (Phi) is 6.24. The average Bonchev–Trinajstić information content (AvgIpc) is 2.85. The Morgan fingerprint density at radius 2 is 2.19 bits per heavy atom. The van der Waals surface area contributed by atoms with Gasteiger partial charge in [0.05, 0.1) is 12.1 Å². The lowest BCUT2D eigenvalue weighted by Crippen LogP contribution is -2.14. The highest BCUT2D eigenvalue weighted by molar-refractivity contribution is 7.98. The molecule has 5 heteroatoms. The molecular formula is C16H23ClN2OS. The zero-order valence-corrected chi connectivity index (χ0v) is 14.5. The number of halogens is 1. The van der Waals surface area contributed by atoms with Crippen LogP contribution in [-0.2, 0) is 6.42 Å². The van der Waals surface area contributed by atoms with Gasteiger partial charge in [0, 0.05) is 24.1 Å². The molecule has 21 heavy (non-hydrogen) atoms. The molecule has 0 saturated carbocycles. The summed E-state index contributed by atoms with van der Waals surface area (Å²) in [7, 11) is 0. The summed E-state index contributed by atoms with van der Waals surface area (Å²) in [6, 6.07) is 6.61. The van der Waals surface area contributed by atoms with Crippen LogP contribution < -0.4 is 4.74 Å². The van der Waals surface area contributed by atoms with E-state index in [1.54, 1.807) is 0 Å². The van der Waals surface area contributed by atoms with Crippen LogP contribution in [0.4, 0.5) is 0 Å². The quantitative estimate of drug-likeness (QED) is 0.667. The van der Waals surface area contributed by atoms with Crippen molar-refractivity contribution in [3.05, 3.63) is 24.0 Å². The molecule has 1 unspecified atom stereocenters. The molecular weight excluding hydrogens is 304 g/mol. The summed E-state index contributed by atoms with van der Waals surface area (Å²) in [4.78, 5) is 4.82. The van der Waals surface area contributed by atoms with Crippen molar-refractivity contribution in [2.45, 2.75) is 32.7 Å². The minimum absolute atomic E-state index is 0.445. The number of alkyl halides is 1. The number of aromatic nitrogens is 2. The SMILES string of the molecule is CCOc1cccc2c1nc(CCCl)n2C(CC)CSC. The van der Waals surface area contributed by atoms with E-state index in [2.05, 4.69) is 23.8 Å². The average molecular weight is 327 g/mol. The molecule has 1 aromatic heterocycles. The largest absolute Gasteiger partial charge is 0.492 e. The second kappa shape index (κ2) is 7.95. The Labute approximate surface area is 136 Å². The van der Waals surface area contributed by atoms with E-state index in [4.69, 9.17) is 21.3 Å². The number of benzene rings is 1. The number of hydrogen-bond acceptors (Lipinski definition) is 3. The predicted molar refractivity (Wildman–Crippen MR) is 93.0 cm³/mol. The molecule has 0 spiro atoms. The number of ether oxygens (including phenoxy) is 1. The summed E-state index contributed by atoms with van der Waals surface area (Å²) in [5.74, 6) is 3.59. The van der Waals surface area contributed by atoms with Gasteiger partial charge in [0.15, 0.2) is 0 Å². The first-order chi connectivity index (χ1) is 10.3. The molecule has 0 fully saturated rings. The van der Waals surface area contributed by atoms with Crippen LogP contribution in [0, 0.1) is 0 Å². The second-order valence-corrected chi connectivity index (χ2v) is 6.20. The normalized spacial score (nSPS) is 12.8. The number of imidazole rings is 1. The fourth-order valence-electron chi connectivity index (χ4n) is 2.65. The van der Waals surface area contributed by atoms with Gasteiger partial charge in [-0.2, -0.15) is 11.8 Å². The van der Waals surface area contributed by atoms with Crippen LogP contribution in [0.1, 0.15) is 32.1 Å². The number of nitrogens with zero attached hydrogens (tertiary/aromatic N) is 2. The van der Waals surface area contributed by atoms with Gasteiger partial charge in [0.2, 0.25) is 0 Å². The summed E-state index contributed by atoms with van der Waals surface area (Å²) >= 11 is 7.84. The molecule has 3 nitrogen and oxygen atoms in total. The summed E-state index contributed by atoms with van der Waals surface area (Å²) in [5.41, 5.74) is 2.11. The lowest BCUT2D eigenvalue weighted by Gasteiger charge is -2.19. The number of para-hydroxylation sites is 1. The lowest BCUT2D eigenvalue weighted by molar-refractivity contribution is 0.343. The van der Waals surface area contributed by atoms with Crippen molar-refractivity contribution in [1.82, 2.24) is 9.55 Å². The number of aryl methyl sites for hydroxylation is 1. The monoisotopic (exact) mass is 326 g/mol. The number of thioether (sulfide) groups is 1. The van der Waals surface area contributed by atoms with Crippen molar-refractivity contribution in [3.8, 4) is 5.75 Å². The highest BCUT2D eigenvalue weighted by Gasteiger charge is 2.19. The van der Waals surface area contributed by atoms with Crippen molar-refractivity contribution < 1.29 is 4.74 Å². The molecule has 116 valence electrons. The minimum Gasteiger partial charge on any atom is -0.492 e. The Morgan fingerprint density at radius 1 is 1.38 bits per heavy atom. The predicted octanol–water partition coefficient (Wildman–Crippen LogP) is 4.53. The molecule has 0 amide bonds. The van der Waals surface area contributed by atoms with Gasteiger partial charge in [-0.15, -0.1) is 11.6 Å². The first-order valence-electron chi connectivity index (χ1n) is 7.44. The van der Waals surface area contributed by atoms with Crippen LogP contribution in [0.2, 0.25) is 0 Å². The standard InChI is InChI=1S/C16H23ClN2OS/c1-4-12(11-21-3)19-13-7-6-8-14(20-5-2)16(13)18-15(19)9-10-17/h6-8,12H,4-5,9-11H2,1-3H3. The molecule has 0 bridgehead atoms. The molecule has 0 aliphatic carbocycles.